The molecule has 0 radical (unpaired) electrons. The van der Waals surface area contributed by atoms with Crippen molar-refractivity contribution in [1.82, 2.24) is 0 Å². The normalized spacial score (nSPS) is 12.9. The summed E-state index contributed by atoms with van der Waals surface area (Å²) in [5.41, 5.74) is 7.38. The molecule has 3 nitrogen and oxygen atoms in total. The third-order valence-corrected chi connectivity index (χ3v) is 2.78. The van der Waals surface area contributed by atoms with E-state index in [-0.39, 0.29) is 0 Å². The second kappa shape index (κ2) is 3.79. The number of para-hydroxylation sites is 2. The predicted molar refractivity (Wildman–Crippen MR) is 68.4 cm³/mol. The van der Waals surface area contributed by atoms with Crippen molar-refractivity contribution < 1.29 is 4.74 Å². The Labute approximate surface area is 103 Å². The number of ether oxygens (including phenoxy) is 1. The zero-order valence-corrected chi connectivity index (χ0v) is 9.61. The summed E-state index contributed by atoms with van der Waals surface area (Å²) >= 11 is 5.94. The van der Waals surface area contributed by atoms with E-state index in [9.17, 15) is 0 Å². The van der Waals surface area contributed by atoms with Gasteiger partial charge in [-0.05, 0) is 30.3 Å². The van der Waals surface area contributed by atoms with E-state index in [1.165, 1.54) is 0 Å². The maximum Gasteiger partial charge on any atom is 0.153 e. The van der Waals surface area contributed by atoms with Crippen molar-refractivity contribution in [2.24, 2.45) is 10.7 Å². The highest BCUT2D eigenvalue weighted by Gasteiger charge is 2.15. The molecule has 84 valence electrons. The van der Waals surface area contributed by atoms with Crippen LogP contribution in [-0.4, -0.2) is 5.84 Å². The van der Waals surface area contributed by atoms with Gasteiger partial charge in [0.05, 0.1) is 5.56 Å². The van der Waals surface area contributed by atoms with Crippen molar-refractivity contribution in [1.29, 1.82) is 0 Å². The molecule has 0 unspecified atom stereocenters. The van der Waals surface area contributed by atoms with E-state index in [1.54, 1.807) is 18.2 Å². The zero-order valence-electron chi connectivity index (χ0n) is 8.85. The van der Waals surface area contributed by atoms with Crippen LogP contribution < -0.4 is 10.5 Å². The van der Waals surface area contributed by atoms with Crippen LogP contribution in [-0.2, 0) is 0 Å². The Morgan fingerprint density at radius 1 is 1.06 bits per heavy atom. The van der Waals surface area contributed by atoms with E-state index < -0.39 is 0 Å². The molecule has 0 amide bonds. The number of rotatable bonds is 0. The molecule has 0 aliphatic carbocycles. The highest BCUT2D eigenvalue weighted by atomic mass is 35.5. The third-order valence-electron chi connectivity index (χ3n) is 2.54. The lowest BCUT2D eigenvalue weighted by Gasteiger charge is -2.07. The molecule has 0 spiro atoms. The van der Waals surface area contributed by atoms with E-state index >= 15 is 0 Å². The first-order chi connectivity index (χ1) is 8.24. The summed E-state index contributed by atoms with van der Waals surface area (Å²) in [6.07, 6.45) is 0. The molecule has 1 aliphatic rings. The number of amidine groups is 1. The van der Waals surface area contributed by atoms with Crippen molar-refractivity contribution in [3.8, 4) is 11.5 Å². The molecule has 1 aliphatic heterocycles. The van der Waals surface area contributed by atoms with Crippen molar-refractivity contribution in [3.63, 3.8) is 0 Å². The molecule has 2 N–H and O–H groups in total. The van der Waals surface area contributed by atoms with Crippen molar-refractivity contribution in [3.05, 3.63) is 53.1 Å². The second-order valence-electron chi connectivity index (χ2n) is 3.71. The van der Waals surface area contributed by atoms with Gasteiger partial charge in [-0.15, -0.1) is 0 Å². The largest absolute Gasteiger partial charge is 0.454 e. The first-order valence-corrected chi connectivity index (χ1v) is 5.53. The molecule has 2 aromatic carbocycles. The summed E-state index contributed by atoms with van der Waals surface area (Å²) < 4.78 is 5.77. The van der Waals surface area contributed by atoms with Gasteiger partial charge in [0.25, 0.3) is 0 Å². The number of nitrogens with zero attached hydrogens (tertiary/aromatic N) is 1. The number of fused-ring (bicyclic) bond motifs is 2. The Bertz CT molecular complexity index is 623. The van der Waals surface area contributed by atoms with Crippen LogP contribution in [0.1, 0.15) is 5.56 Å². The minimum Gasteiger partial charge on any atom is -0.454 e. The number of hydrogen-bond acceptors (Lipinski definition) is 3. The fourth-order valence-electron chi connectivity index (χ4n) is 1.74. The molecule has 4 heteroatoms. The number of aliphatic imine (C=N–C) groups is 1. The van der Waals surface area contributed by atoms with E-state index in [1.807, 2.05) is 24.3 Å². The first kappa shape index (κ1) is 10.2. The van der Waals surface area contributed by atoms with E-state index in [4.69, 9.17) is 22.1 Å². The third kappa shape index (κ3) is 1.74. The molecule has 1 heterocycles. The van der Waals surface area contributed by atoms with Crippen molar-refractivity contribution >= 4 is 23.1 Å². The summed E-state index contributed by atoms with van der Waals surface area (Å²) in [6, 6.07) is 12.8. The number of halogens is 1. The van der Waals surface area contributed by atoms with Crippen LogP contribution in [0.25, 0.3) is 0 Å². The summed E-state index contributed by atoms with van der Waals surface area (Å²) in [4.78, 5) is 4.33. The quantitative estimate of drug-likeness (QED) is 0.771. The fourth-order valence-corrected chi connectivity index (χ4v) is 1.91. The van der Waals surface area contributed by atoms with Gasteiger partial charge in [-0.1, -0.05) is 23.7 Å². The van der Waals surface area contributed by atoms with Gasteiger partial charge in [0.1, 0.15) is 17.3 Å². The summed E-state index contributed by atoms with van der Waals surface area (Å²) in [7, 11) is 0. The van der Waals surface area contributed by atoms with Gasteiger partial charge in [0.2, 0.25) is 0 Å². The van der Waals surface area contributed by atoms with Gasteiger partial charge in [0, 0.05) is 5.02 Å². The Morgan fingerprint density at radius 3 is 2.76 bits per heavy atom. The number of hydrogen-bond donors (Lipinski definition) is 1. The first-order valence-electron chi connectivity index (χ1n) is 5.15. The van der Waals surface area contributed by atoms with Crippen LogP contribution in [0.5, 0.6) is 11.5 Å². The molecule has 0 saturated heterocycles. The molecule has 0 aromatic heterocycles. The fraction of sp³-hybridized carbons (Fsp3) is 0. The number of benzene rings is 2. The monoisotopic (exact) mass is 244 g/mol. The van der Waals surface area contributed by atoms with Gasteiger partial charge in [-0.2, -0.15) is 0 Å². The summed E-state index contributed by atoms with van der Waals surface area (Å²) in [5, 5.41) is 0.608. The van der Waals surface area contributed by atoms with E-state index in [2.05, 4.69) is 4.99 Å². The molecular weight excluding hydrogens is 236 g/mol. The lowest BCUT2D eigenvalue weighted by molar-refractivity contribution is 0.485. The topological polar surface area (TPSA) is 47.6 Å². The molecular formula is C13H9ClN2O. The minimum atomic E-state index is 0.410. The Morgan fingerprint density at radius 2 is 1.88 bits per heavy atom. The van der Waals surface area contributed by atoms with Gasteiger partial charge >= 0.3 is 0 Å². The van der Waals surface area contributed by atoms with E-state index in [0.29, 0.717) is 27.9 Å². The van der Waals surface area contributed by atoms with Gasteiger partial charge in [-0.3, -0.25) is 0 Å². The van der Waals surface area contributed by atoms with Gasteiger partial charge in [-0.25, -0.2) is 4.99 Å². The van der Waals surface area contributed by atoms with Crippen LogP contribution in [0, 0.1) is 0 Å². The predicted octanol–water partition coefficient (Wildman–Crippen LogP) is 3.48. The maximum absolute atomic E-state index is 5.94. The van der Waals surface area contributed by atoms with Crippen LogP contribution >= 0.6 is 11.6 Å². The van der Waals surface area contributed by atoms with Gasteiger partial charge in [0.15, 0.2) is 5.75 Å². The Kier molecular flexibility index (Phi) is 2.27. The molecule has 0 fully saturated rings. The van der Waals surface area contributed by atoms with Crippen molar-refractivity contribution in [2.75, 3.05) is 0 Å². The average Bonchev–Trinajstić information content (AvgIpc) is 2.46. The lowest BCUT2D eigenvalue weighted by atomic mass is 10.2. The zero-order chi connectivity index (χ0) is 11.8. The lowest BCUT2D eigenvalue weighted by Crippen LogP contribution is -2.12. The van der Waals surface area contributed by atoms with Gasteiger partial charge < -0.3 is 10.5 Å². The molecule has 3 rings (SSSR count). The van der Waals surface area contributed by atoms with Crippen molar-refractivity contribution in [2.45, 2.75) is 0 Å². The highest BCUT2D eigenvalue weighted by Crippen LogP contribution is 2.37. The second-order valence-corrected chi connectivity index (χ2v) is 4.14. The SMILES string of the molecule is NC1=Nc2ccccc2Oc2ccc(Cl)cc21. The molecule has 0 atom stereocenters. The molecule has 0 saturated carbocycles. The minimum absolute atomic E-state index is 0.410. The highest BCUT2D eigenvalue weighted by molar-refractivity contribution is 6.31. The van der Waals surface area contributed by atoms with Crippen LogP contribution in [0.2, 0.25) is 5.02 Å². The average molecular weight is 245 g/mol. The summed E-state index contributed by atoms with van der Waals surface area (Å²) in [6.45, 7) is 0. The van der Waals surface area contributed by atoms with E-state index in [0.717, 1.165) is 5.69 Å². The number of nitrogens with two attached hydrogens (primary N) is 1. The smallest absolute Gasteiger partial charge is 0.153 e. The van der Waals surface area contributed by atoms with Crippen LogP contribution in [0.4, 0.5) is 5.69 Å². The summed E-state index contributed by atoms with van der Waals surface area (Å²) in [5.74, 6) is 1.77. The van der Waals surface area contributed by atoms with Crippen LogP contribution in [0.3, 0.4) is 0 Å². The molecule has 0 bridgehead atoms. The van der Waals surface area contributed by atoms with Crippen LogP contribution in [0.15, 0.2) is 47.5 Å². The standard InChI is InChI=1S/C13H9ClN2O/c14-8-5-6-11-9(7-8)13(15)16-10-3-1-2-4-12(10)17-11/h1-7H,(H2,15,16). The Hall–Kier alpha value is -2.00. The maximum atomic E-state index is 5.94. The molecule has 2 aromatic rings. The molecule has 17 heavy (non-hydrogen) atoms. The Balaban J connectivity index is 2.24.